The minimum Gasteiger partial charge on any atom is -0.481 e. The highest BCUT2D eigenvalue weighted by Gasteiger charge is 2.45. The molecule has 1 aliphatic heterocycles. The molecule has 146 valence electrons. The number of nitrogens with zero attached hydrogens (tertiary/aromatic N) is 1. The number of benzene rings is 1. The van der Waals surface area contributed by atoms with E-state index in [-0.39, 0.29) is 12.1 Å². The summed E-state index contributed by atoms with van der Waals surface area (Å²) in [5.74, 6) is -6.03. The van der Waals surface area contributed by atoms with Crippen LogP contribution in [0.15, 0.2) is 24.3 Å². The predicted molar refractivity (Wildman–Crippen MR) is 83.7 cm³/mol. The molecule has 0 spiro atoms. The predicted octanol–water partition coefficient (Wildman–Crippen LogP) is 0.639. The van der Waals surface area contributed by atoms with Crippen molar-refractivity contribution in [3.8, 4) is 0 Å². The molecule has 0 saturated carbocycles. The van der Waals surface area contributed by atoms with Gasteiger partial charge in [-0.3, -0.25) is 19.3 Å². The molecule has 2 N–H and O–H groups in total. The van der Waals surface area contributed by atoms with Crippen LogP contribution in [0.2, 0.25) is 0 Å². The Kier molecular flexibility index (Phi) is 5.72. The van der Waals surface area contributed by atoms with Gasteiger partial charge in [0.2, 0.25) is 0 Å². The average molecular weight is 388 g/mol. The Bertz CT molecular complexity index is 780. The van der Waals surface area contributed by atoms with E-state index in [0.717, 1.165) is 12.0 Å². The highest BCUT2D eigenvalue weighted by atomic mass is 19.4. The molecule has 1 aliphatic rings. The second-order valence-electron chi connectivity index (χ2n) is 5.70. The number of carbonyl (C=O) groups is 4. The second kappa shape index (κ2) is 7.64. The number of nitrogens with one attached hydrogen (secondary N) is 1. The van der Waals surface area contributed by atoms with Crippen molar-refractivity contribution in [1.29, 1.82) is 0 Å². The van der Waals surface area contributed by atoms with Crippen LogP contribution in [0.4, 0.5) is 18.9 Å². The minimum absolute atomic E-state index is 0.0432. The number of aliphatic carboxylic acids is 1. The molecule has 0 radical (unpaired) electrons. The van der Waals surface area contributed by atoms with Crippen LogP contribution < -0.4 is 10.2 Å². The number of amides is 2. The number of carbonyl (C=O) groups excluding carboxylic acids is 3. The molecule has 1 heterocycles. The molecule has 0 bridgehead atoms. The summed E-state index contributed by atoms with van der Waals surface area (Å²) < 4.78 is 42.2. The van der Waals surface area contributed by atoms with Crippen molar-refractivity contribution in [2.24, 2.45) is 0 Å². The number of para-hydroxylation sites is 1. The third-order valence-electron chi connectivity index (χ3n) is 3.93. The molecule has 0 aromatic heterocycles. The Balaban J connectivity index is 2.39. The van der Waals surface area contributed by atoms with Crippen LogP contribution in [-0.2, 0) is 30.3 Å². The van der Waals surface area contributed by atoms with Crippen LogP contribution in [0.5, 0.6) is 0 Å². The first-order chi connectivity index (χ1) is 12.6. The molecule has 27 heavy (non-hydrogen) atoms. The molecule has 0 saturated heterocycles. The molecule has 1 aromatic carbocycles. The monoisotopic (exact) mass is 388 g/mol. The van der Waals surface area contributed by atoms with E-state index in [4.69, 9.17) is 5.11 Å². The largest absolute Gasteiger partial charge is 0.481 e. The lowest BCUT2D eigenvalue weighted by atomic mass is 10.1. The van der Waals surface area contributed by atoms with Gasteiger partial charge in [-0.1, -0.05) is 18.2 Å². The van der Waals surface area contributed by atoms with E-state index < -0.39 is 48.4 Å². The van der Waals surface area contributed by atoms with Gasteiger partial charge in [0.05, 0.1) is 13.5 Å². The number of anilines is 1. The number of alkyl halides is 3. The Labute approximate surface area is 150 Å². The van der Waals surface area contributed by atoms with E-state index in [1.807, 2.05) is 0 Å². The zero-order valence-electron chi connectivity index (χ0n) is 13.9. The number of hydrogen-bond donors (Lipinski definition) is 2. The van der Waals surface area contributed by atoms with Crippen LogP contribution in [0.1, 0.15) is 12.0 Å². The fourth-order valence-corrected chi connectivity index (χ4v) is 2.77. The van der Waals surface area contributed by atoms with Crippen molar-refractivity contribution in [1.82, 2.24) is 5.32 Å². The summed E-state index contributed by atoms with van der Waals surface area (Å²) in [4.78, 5) is 47.9. The molecule has 2 atom stereocenters. The number of hydrogen-bond acceptors (Lipinski definition) is 5. The minimum atomic E-state index is -5.30. The van der Waals surface area contributed by atoms with Crippen molar-refractivity contribution in [3.05, 3.63) is 29.8 Å². The summed E-state index contributed by atoms with van der Waals surface area (Å²) in [5.41, 5.74) is 0.784. The number of carboxylic acids is 1. The van der Waals surface area contributed by atoms with E-state index in [9.17, 15) is 32.3 Å². The van der Waals surface area contributed by atoms with Gasteiger partial charge in [-0.2, -0.15) is 13.2 Å². The second-order valence-corrected chi connectivity index (χ2v) is 5.70. The van der Waals surface area contributed by atoms with Crippen molar-refractivity contribution in [2.45, 2.75) is 31.1 Å². The lowest BCUT2D eigenvalue weighted by Gasteiger charge is -2.28. The van der Waals surface area contributed by atoms with Crippen molar-refractivity contribution in [3.63, 3.8) is 0 Å². The topological polar surface area (TPSA) is 113 Å². The number of fused-ring (bicyclic) bond motifs is 1. The quantitative estimate of drug-likeness (QED) is 0.716. The third-order valence-corrected chi connectivity index (χ3v) is 3.93. The molecule has 2 amide bonds. The van der Waals surface area contributed by atoms with E-state index in [1.165, 1.54) is 11.4 Å². The molecule has 0 aliphatic carbocycles. The Morgan fingerprint density at radius 1 is 1.30 bits per heavy atom. The van der Waals surface area contributed by atoms with Crippen LogP contribution in [-0.4, -0.2) is 54.2 Å². The fourth-order valence-electron chi connectivity index (χ4n) is 2.77. The molecule has 0 unspecified atom stereocenters. The van der Waals surface area contributed by atoms with Crippen molar-refractivity contribution in [2.75, 3.05) is 12.0 Å². The summed E-state index contributed by atoms with van der Waals surface area (Å²) in [5, 5.41) is 10.3. The van der Waals surface area contributed by atoms with Crippen molar-refractivity contribution >= 4 is 29.4 Å². The first-order valence-electron chi connectivity index (χ1n) is 7.64. The third kappa shape index (κ3) is 4.36. The maximum absolute atomic E-state index is 12.8. The number of rotatable bonds is 5. The Hall–Kier alpha value is -3.11. The lowest BCUT2D eigenvalue weighted by Crippen LogP contribution is -2.55. The first kappa shape index (κ1) is 20.2. The van der Waals surface area contributed by atoms with Gasteiger partial charge >= 0.3 is 24.0 Å². The number of methoxy groups -OCH3 is 1. The van der Waals surface area contributed by atoms with Gasteiger partial charge < -0.3 is 15.2 Å². The Morgan fingerprint density at radius 2 is 1.93 bits per heavy atom. The molecule has 0 fully saturated rings. The maximum Gasteiger partial charge on any atom is 0.471 e. The normalized spacial score (nSPS) is 17.0. The number of halogens is 3. The summed E-state index contributed by atoms with van der Waals surface area (Å²) in [6.07, 6.45) is -6.35. The summed E-state index contributed by atoms with van der Waals surface area (Å²) >= 11 is 0. The van der Waals surface area contributed by atoms with Gasteiger partial charge in [0.25, 0.3) is 5.91 Å². The number of ether oxygens (including phenoxy) is 1. The summed E-state index contributed by atoms with van der Waals surface area (Å²) in [7, 11) is 1.08. The zero-order valence-corrected chi connectivity index (χ0v) is 13.9. The molecule has 11 heteroatoms. The Morgan fingerprint density at radius 3 is 2.48 bits per heavy atom. The van der Waals surface area contributed by atoms with Gasteiger partial charge in [0.1, 0.15) is 12.1 Å². The lowest BCUT2D eigenvalue weighted by molar-refractivity contribution is -0.175. The molecular formula is C16H15F3N2O6. The van der Waals surface area contributed by atoms with Crippen LogP contribution in [0, 0.1) is 0 Å². The molecular weight excluding hydrogens is 373 g/mol. The van der Waals surface area contributed by atoms with E-state index in [1.54, 1.807) is 18.2 Å². The van der Waals surface area contributed by atoms with E-state index in [2.05, 4.69) is 4.74 Å². The highest BCUT2D eigenvalue weighted by Crippen LogP contribution is 2.33. The van der Waals surface area contributed by atoms with E-state index >= 15 is 0 Å². The van der Waals surface area contributed by atoms with Gasteiger partial charge in [0.15, 0.2) is 0 Å². The van der Waals surface area contributed by atoms with E-state index in [0.29, 0.717) is 5.56 Å². The van der Waals surface area contributed by atoms with Crippen molar-refractivity contribution < 1.29 is 42.2 Å². The highest BCUT2D eigenvalue weighted by molar-refractivity contribution is 6.07. The van der Waals surface area contributed by atoms with Crippen LogP contribution >= 0.6 is 0 Å². The van der Waals surface area contributed by atoms with Gasteiger partial charge in [-0.25, -0.2) is 4.79 Å². The van der Waals surface area contributed by atoms with Gasteiger partial charge in [-0.15, -0.1) is 0 Å². The SMILES string of the molecule is COC(=O)[C@@H]1Cc2ccccc2N1C(=O)[C@H](CC(=O)O)NC(=O)C(F)(F)F. The molecule has 1 aromatic rings. The van der Waals surface area contributed by atoms with Gasteiger partial charge in [0, 0.05) is 12.1 Å². The van der Waals surface area contributed by atoms with Gasteiger partial charge in [-0.05, 0) is 11.6 Å². The number of esters is 1. The smallest absolute Gasteiger partial charge is 0.471 e. The maximum atomic E-state index is 12.8. The van der Waals surface area contributed by atoms with Crippen LogP contribution in [0.25, 0.3) is 0 Å². The standard InChI is InChI=1S/C16H15F3N2O6/c1-27-14(25)11-6-8-4-2-3-5-10(8)21(11)13(24)9(7-12(22)23)20-15(26)16(17,18)19/h2-5,9,11H,6-7H2,1H3,(H,20,26)(H,22,23)/t9-,11-/m0/s1. The average Bonchev–Trinajstić information content (AvgIpc) is 2.98. The molecule has 8 nitrogen and oxygen atoms in total. The zero-order chi connectivity index (χ0) is 20.4. The fraction of sp³-hybridized carbons (Fsp3) is 0.375. The van der Waals surface area contributed by atoms with Crippen LogP contribution in [0.3, 0.4) is 0 Å². The molecule has 2 rings (SSSR count). The summed E-state index contributed by atoms with van der Waals surface area (Å²) in [6.45, 7) is 0. The summed E-state index contributed by atoms with van der Waals surface area (Å²) in [6, 6.07) is 3.05. The first-order valence-corrected chi connectivity index (χ1v) is 7.64. The number of carboxylic acid groups (broad SMARTS) is 1.